The van der Waals surface area contributed by atoms with E-state index in [1.54, 1.807) is 6.07 Å². The molecular formula is C9H14N4O. The zero-order valence-electron chi connectivity index (χ0n) is 8.14. The number of nitrogens with two attached hydrogens (primary N) is 1. The van der Waals surface area contributed by atoms with E-state index >= 15 is 0 Å². The molecule has 0 saturated carbocycles. The van der Waals surface area contributed by atoms with Crippen molar-refractivity contribution < 1.29 is 5.11 Å². The molecule has 0 aliphatic carbocycles. The summed E-state index contributed by atoms with van der Waals surface area (Å²) in [6.07, 6.45) is 0.551. The second-order valence-corrected chi connectivity index (χ2v) is 3.59. The maximum Gasteiger partial charge on any atom is 0.134 e. The van der Waals surface area contributed by atoms with Crippen LogP contribution < -0.4 is 10.6 Å². The average Bonchev–Trinajstić information content (AvgIpc) is 2.50. The van der Waals surface area contributed by atoms with E-state index in [-0.39, 0.29) is 6.10 Å². The number of anilines is 2. The number of nitrogens with zero attached hydrogens (tertiary/aromatic N) is 3. The van der Waals surface area contributed by atoms with Crippen molar-refractivity contribution >= 4 is 11.6 Å². The van der Waals surface area contributed by atoms with Crippen LogP contribution in [0.2, 0.25) is 0 Å². The van der Waals surface area contributed by atoms with Crippen molar-refractivity contribution in [3.8, 4) is 0 Å². The Bertz CT molecular complexity index is 321. The number of nitrogen functional groups attached to an aromatic ring is 1. The van der Waals surface area contributed by atoms with Crippen molar-refractivity contribution in [3.63, 3.8) is 0 Å². The normalized spacial score (nSPS) is 21.6. The molecule has 76 valence electrons. The van der Waals surface area contributed by atoms with Gasteiger partial charge in [0.15, 0.2) is 0 Å². The zero-order valence-corrected chi connectivity index (χ0v) is 8.14. The van der Waals surface area contributed by atoms with Crippen LogP contribution in [0.1, 0.15) is 12.2 Å². The second kappa shape index (κ2) is 3.42. The minimum atomic E-state index is -0.244. The third-order valence-corrected chi connectivity index (χ3v) is 2.33. The standard InChI is InChI=1S/C9H14N4O/c1-6-11-8(10)4-9(12-6)13-3-2-7(14)5-13/h4,7,14H,2-3,5H2,1H3,(H2,10,11,12). The van der Waals surface area contributed by atoms with E-state index in [9.17, 15) is 5.11 Å². The Morgan fingerprint density at radius 2 is 2.36 bits per heavy atom. The zero-order chi connectivity index (χ0) is 10.1. The first-order valence-electron chi connectivity index (χ1n) is 4.69. The van der Waals surface area contributed by atoms with Gasteiger partial charge in [-0.25, -0.2) is 9.97 Å². The molecule has 5 heteroatoms. The number of aliphatic hydroxyl groups excluding tert-OH is 1. The lowest BCUT2D eigenvalue weighted by atomic mass is 10.3. The molecule has 0 spiro atoms. The summed E-state index contributed by atoms with van der Waals surface area (Å²) in [6.45, 7) is 3.28. The van der Waals surface area contributed by atoms with Gasteiger partial charge in [0.25, 0.3) is 0 Å². The third kappa shape index (κ3) is 1.77. The summed E-state index contributed by atoms with van der Waals surface area (Å²) in [5.74, 6) is 1.96. The Morgan fingerprint density at radius 1 is 1.57 bits per heavy atom. The molecule has 1 aromatic heterocycles. The molecule has 1 fully saturated rings. The van der Waals surface area contributed by atoms with Crippen LogP contribution in [0.5, 0.6) is 0 Å². The van der Waals surface area contributed by atoms with Crippen molar-refractivity contribution in [2.75, 3.05) is 23.7 Å². The molecule has 1 aliphatic rings. The van der Waals surface area contributed by atoms with Crippen molar-refractivity contribution in [2.45, 2.75) is 19.4 Å². The molecule has 5 nitrogen and oxygen atoms in total. The first kappa shape index (κ1) is 9.21. The van der Waals surface area contributed by atoms with E-state index < -0.39 is 0 Å². The topological polar surface area (TPSA) is 75.3 Å². The molecule has 14 heavy (non-hydrogen) atoms. The van der Waals surface area contributed by atoms with Gasteiger partial charge in [0.05, 0.1) is 6.10 Å². The van der Waals surface area contributed by atoms with Crippen molar-refractivity contribution in [1.82, 2.24) is 9.97 Å². The Kier molecular flexibility index (Phi) is 2.25. The quantitative estimate of drug-likeness (QED) is 0.655. The number of aromatic nitrogens is 2. The summed E-state index contributed by atoms with van der Waals surface area (Å²) < 4.78 is 0. The molecule has 2 rings (SSSR count). The minimum absolute atomic E-state index is 0.244. The summed E-state index contributed by atoms with van der Waals surface area (Å²) in [6, 6.07) is 1.74. The highest BCUT2D eigenvalue weighted by Gasteiger charge is 2.21. The average molecular weight is 194 g/mol. The first-order chi connectivity index (χ1) is 6.65. The highest BCUT2D eigenvalue weighted by molar-refractivity contribution is 5.47. The number of aryl methyl sites for hydroxylation is 1. The van der Waals surface area contributed by atoms with E-state index in [1.807, 2.05) is 11.8 Å². The molecule has 1 unspecified atom stereocenters. The van der Waals surface area contributed by atoms with Crippen LogP contribution in [-0.4, -0.2) is 34.3 Å². The molecule has 1 aromatic rings. The highest BCUT2D eigenvalue weighted by atomic mass is 16.3. The van der Waals surface area contributed by atoms with Crippen LogP contribution in [0.25, 0.3) is 0 Å². The number of hydrogen-bond acceptors (Lipinski definition) is 5. The molecule has 0 bridgehead atoms. The third-order valence-electron chi connectivity index (χ3n) is 2.33. The largest absolute Gasteiger partial charge is 0.391 e. The van der Waals surface area contributed by atoms with E-state index in [0.29, 0.717) is 18.2 Å². The van der Waals surface area contributed by atoms with Gasteiger partial charge in [0, 0.05) is 19.2 Å². The van der Waals surface area contributed by atoms with Gasteiger partial charge in [-0.3, -0.25) is 0 Å². The van der Waals surface area contributed by atoms with Crippen molar-refractivity contribution in [3.05, 3.63) is 11.9 Å². The lowest BCUT2D eigenvalue weighted by Gasteiger charge is -2.16. The van der Waals surface area contributed by atoms with Gasteiger partial charge in [-0.15, -0.1) is 0 Å². The molecule has 2 heterocycles. The van der Waals surface area contributed by atoms with Crippen molar-refractivity contribution in [1.29, 1.82) is 0 Å². The van der Waals surface area contributed by atoms with Crippen LogP contribution in [0, 0.1) is 6.92 Å². The van der Waals surface area contributed by atoms with Gasteiger partial charge in [-0.2, -0.15) is 0 Å². The summed E-state index contributed by atoms with van der Waals surface area (Å²) in [5, 5.41) is 9.38. The molecule has 1 saturated heterocycles. The van der Waals surface area contributed by atoms with Gasteiger partial charge in [0.1, 0.15) is 17.5 Å². The van der Waals surface area contributed by atoms with E-state index in [0.717, 1.165) is 18.8 Å². The van der Waals surface area contributed by atoms with Crippen LogP contribution in [-0.2, 0) is 0 Å². The van der Waals surface area contributed by atoms with Gasteiger partial charge in [-0.05, 0) is 13.3 Å². The van der Waals surface area contributed by atoms with Crippen LogP contribution in [0.15, 0.2) is 6.07 Å². The fraction of sp³-hybridized carbons (Fsp3) is 0.556. The van der Waals surface area contributed by atoms with E-state index in [1.165, 1.54) is 0 Å². The van der Waals surface area contributed by atoms with Gasteiger partial charge >= 0.3 is 0 Å². The molecule has 0 radical (unpaired) electrons. The monoisotopic (exact) mass is 194 g/mol. The first-order valence-corrected chi connectivity index (χ1v) is 4.69. The van der Waals surface area contributed by atoms with Gasteiger partial charge < -0.3 is 15.7 Å². The van der Waals surface area contributed by atoms with E-state index in [2.05, 4.69) is 9.97 Å². The van der Waals surface area contributed by atoms with Crippen LogP contribution >= 0.6 is 0 Å². The number of β-amino-alcohol motifs (C(OH)–C–C–N with tert-alkyl or cyclic N) is 1. The number of rotatable bonds is 1. The maximum absolute atomic E-state index is 9.38. The summed E-state index contributed by atoms with van der Waals surface area (Å²) >= 11 is 0. The Labute approximate surface area is 82.6 Å². The molecular weight excluding hydrogens is 180 g/mol. The Balaban J connectivity index is 2.23. The summed E-state index contributed by atoms with van der Waals surface area (Å²) in [7, 11) is 0. The highest BCUT2D eigenvalue weighted by Crippen LogP contribution is 2.19. The molecule has 0 amide bonds. The summed E-state index contributed by atoms with van der Waals surface area (Å²) in [5.41, 5.74) is 5.62. The number of hydrogen-bond donors (Lipinski definition) is 2. The summed E-state index contributed by atoms with van der Waals surface area (Å²) in [4.78, 5) is 10.3. The van der Waals surface area contributed by atoms with Gasteiger partial charge in [-0.1, -0.05) is 0 Å². The number of aliphatic hydroxyl groups is 1. The lowest BCUT2D eigenvalue weighted by Crippen LogP contribution is -2.22. The van der Waals surface area contributed by atoms with Crippen LogP contribution in [0.4, 0.5) is 11.6 Å². The Morgan fingerprint density at radius 3 is 2.93 bits per heavy atom. The fourth-order valence-electron chi connectivity index (χ4n) is 1.69. The predicted octanol–water partition coefficient (Wildman–Crippen LogP) is -0.0618. The fourth-order valence-corrected chi connectivity index (χ4v) is 1.69. The van der Waals surface area contributed by atoms with Crippen LogP contribution in [0.3, 0.4) is 0 Å². The SMILES string of the molecule is Cc1nc(N)cc(N2CCC(O)C2)n1. The second-order valence-electron chi connectivity index (χ2n) is 3.59. The van der Waals surface area contributed by atoms with E-state index in [4.69, 9.17) is 5.73 Å². The Hall–Kier alpha value is -1.36. The van der Waals surface area contributed by atoms with Gasteiger partial charge in [0.2, 0.25) is 0 Å². The van der Waals surface area contributed by atoms with Crippen molar-refractivity contribution in [2.24, 2.45) is 0 Å². The molecule has 3 N–H and O–H groups in total. The molecule has 1 atom stereocenters. The lowest BCUT2D eigenvalue weighted by molar-refractivity contribution is 0.198. The maximum atomic E-state index is 9.38. The predicted molar refractivity (Wildman–Crippen MR) is 54.0 cm³/mol. The molecule has 1 aliphatic heterocycles. The molecule has 0 aromatic carbocycles. The smallest absolute Gasteiger partial charge is 0.134 e. The minimum Gasteiger partial charge on any atom is -0.391 e.